The molecule has 0 bridgehead atoms. The van der Waals surface area contributed by atoms with Gasteiger partial charge < -0.3 is 8.98 Å². The summed E-state index contributed by atoms with van der Waals surface area (Å²) in [6.07, 6.45) is 0. The fraction of sp³-hybridized carbons (Fsp3) is 0. The molecular formula is C55H32N4OS. The van der Waals surface area contributed by atoms with E-state index in [0.717, 1.165) is 66.5 Å². The number of benzene rings is 9. The number of rotatable bonds is 5. The summed E-state index contributed by atoms with van der Waals surface area (Å²) in [6.45, 7) is 0. The minimum atomic E-state index is 0.546. The van der Waals surface area contributed by atoms with Crippen molar-refractivity contribution < 1.29 is 4.42 Å². The van der Waals surface area contributed by atoms with Gasteiger partial charge in [-0.25, -0.2) is 15.0 Å². The van der Waals surface area contributed by atoms with Crippen molar-refractivity contribution in [2.24, 2.45) is 0 Å². The Labute approximate surface area is 353 Å². The molecule has 0 aliphatic carbocycles. The number of hydrogen-bond acceptors (Lipinski definition) is 5. The number of nitrogens with zero attached hydrogens (tertiary/aromatic N) is 4. The number of para-hydroxylation sites is 3. The molecule has 61 heavy (non-hydrogen) atoms. The lowest BCUT2D eigenvalue weighted by molar-refractivity contribution is 0.669. The van der Waals surface area contributed by atoms with Crippen molar-refractivity contribution in [2.45, 2.75) is 0 Å². The lowest BCUT2D eigenvalue weighted by Gasteiger charge is -2.16. The molecule has 0 saturated carbocycles. The van der Waals surface area contributed by atoms with E-state index >= 15 is 0 Å². The van der Waals surface area contributed by atoms with Gasteiger partial charge in [0.2, 0.25) is 0 Å². The Balaban J connectivity index is 1.14. The third-order valence-corrected chi connectivity index (χ3v) is 13.2. The van der Waals surface area contributed by atoms with Gasteiger partial charge in [-0.2, -0.15) is 0 Å². The van der Waals surface area contributed by atoms with Gasteiger partial charge in [-0.3, -0.25) is 0 Å². The third-order valence-electron chi connectivity index (χ3n) is 12.0. The summed E-state index contributed by atoms with van der Waals surface area (Å²) in [5, 5.41) is 9.24. The van der Waals surface area contributed by atoms with Crippen LogP contribution >= 0.6 is 11.3 Å². The van der Waals surface area contributed by atoms with Crippen LogP contribution in [0, 0.1) is 0 Å². The maximum atomic E-state index is 6.61. The lowest BCUT2D eigenvalue weighted by atomic mass is 10.0. The van der Waals surface area contributed by atoms with Gasteiger partial charge in [-0.1, -0.05) is 140 Å². The fourth-order valence-electron chi connectivity index (χ4n) is 9.18. The predicted molar refractivity (Wildman–Crippen MR) is 254 cm³/mol. The fourth-order valence-corrected chi connectivity index (χ4v) is 10.3. The first-order chi connectivity index (χ1) is 30.2. The van der Waals surface area contributed by atoms with Gasteiger partial charge >= 0.3 is 0 Å². The maximum absolute atomic E-state index is 6.61. The van der Waals surface area contributed by atoms with Crippen LogP contribution < -0.4 is 0 Å². The highest BCUT2D eigenvalue weighted by Gasteiger charge is 2.23. The molecule has 5 nitrogen and oxygen atoms in total. The first-order valence-electron chi connectivity index (χ1n) is 20.4. The van der Waals surface area contributed by atoms with Crippen molar-refractivity contribution in [1.29, 1.82) is 0 Å². The Hall–Kier alpha value is -7.93. The highest BCUT2D eigenvalue weighted by atomic mass is 32.1. The van der Waals surface area contributed by atoms with Crippen LogP contribution in [0.1, 0.15) is 0 Å². The summed E-state index contributed by atoms with van der Waals surface area (Å²) in [5.41, 5.74) is 9.65. The molecule has 0 radical (unpaired) electrons. The largest absolute Gasteiger partial charge is 0.455 e. The van der Waals surface area contributed by atoms with Crippen molar-refractivity contribution in [1.82, 2.24) is 19.5 Å². The number of aromatic nitrogens is 4. The topological polar surface area (TPSA) is 56.7 Å². The van der Waals surface area contributed by atoms with Gasteiger partial charge in [0.25, 0.3) is 0 Å². The van der Waals surface area contributed by atoms with E-state index in [9.17, 15) is 0 Å². The molecule has 0 amide bonds. The van der Waals surface area contributed by atoms with E-state index in [1.165, 1.54) is 41.7 Å². The summed E-state index contributed by atoms with van der Waals surface area (Å²) in [4.78, 5) is 16.2. The molecule has 0 N–H and O–H groups in total. The molecule has 0 aliphatic rings. The van der Waals surface area contributed by atoms with Crippen molar-refractivity contribution in [3.63, 3.8) is 0 Å². The zero-order valence-corrected chi connectivity index (χ0v) is 33.4. The molecule has 4 aromatic heterocycles. The lowest BCUT2D eigenvalue weighted by Crippen LogP contribution is -2.04. The molecule has 0 unspecified atom stereocenters. The standard InChI is InChI=1S/C55H32N4OS/c1-2-14-33(15-3-1)34-18-12-19-37(28-34)53-56-54(42-24-13-23-41-39-21-7-10-26-49(39)60-52(41)42)58-55(57-53)45-31-44-40-22-8-11-27-50(40)61-51(44)32-48(45)59-46-25-9-6-20-38(46)43-29-35-16-4-5-17-36(35)30-47(43)59/h1-32H. The van der Waals surface area contributed by atoms with Crippen LogP contribution in [0.3, 0.4) is 0 Å². The molecule has 284 valence electrons. The van der Waals surface area contributed by atoms with Crippen LogP contribution in [0.15, 0.2) is 199 Å². The summed E-state index contributed by atoms with van der Waals surface area (Å²) in [6, 6.07) is 68.6. The Kier molecular flexibility index (Phi) is 7.41. The first-order valence-corrected chi connectivity index (χ1v) is 21.2. The van der Waals surface area contributed by atoms with Gasteiger partial charge in [-0.05, 0) is 76.5 Å². The molecule has 0 saturated heterocycles. The second-order valence-corrected chi connectivity index (χ2v) is 16.7. The zero-order valence-electron chi connectivity index (χ0n) is 32.6. The van der Waals surface area contributed by atoms with Crippen LogP contribution in [0.4, 0.5) is 0 Å². The highest BCUT2D eigenvalue weighted by Crippen LogP contribution is 2.44. The quantitative estimate of drug-likeness (QED) is 0.174. The minimum absolute atomic E-state index is 0.546. The van der Waals surface area contributed by atoms with E-state index in [-0.39, 0.29) is 0 Å². The number of furan rings is 1. The van der Waals surface area contributed by atoms with E-state index in [1.807, 2.05) is 35.6 Å². The minimum Gasteiger partial charge on any atom is -0.455 e. The Bertz CT molecular complexity index is 3900. The number of fused-ring (bicyclic) bond motifs is 10. The van der Waals surface area contributed by atoms with Crippen LogP contribution in [0.5, 0.6) is 0 Å². The van der Waals surface area contributed by atoms with Gasteiger partial charge in [-0.15, -0.1) is 11.3 Å². The van der Waals surface area contributed by atoms with E-state index in [1.54, 1.807) is 0 Å². The van der Waals surface area contributed by atoms with Crippen LogP contribution in [0.2, 0.25) is 0 Å². The summed E-state index contributed by atoms with van der Waals surface area (Å²) in [5.74, 6) is 1.71. The molecule has 4 heterocycles. The molecule has 0 atom stereocenters. The summed E-state index contributed by atoms with van der Waals surface area (Å²) >= 11 is 1.81. The second-order valence-electron chi connectivity index (χ2n) is 15.6. The van der Waals surface area contributed by atoms with E-state index in [2.05, 4.69) is 174 Å². The van der Waals surface area contributed by atoms with E-state index in [0.29, 0.717) is 17.5 Å². The van der Waals surface area contributed by atoms with Gasteiger partial charge in [0.05, 0.1) is 22.3 Å². The molecular weight excluding hydrogens is 765 g/mol. The van der Waals surface area contributed by atoms with Crippen molar-refractivity contribution in [3.05, 3.63) is 194 Å². The van der Waals surface area contributed by atoms with Crippen molar-refractivity contribution in [3.8, 4) is 51.0 Å². The first kappa shape index (κ1) is 34.0. The molecule has 0 fully saturated rings. The average Bonchev–Trinajstić information content (AvgIpc) is 3.99. The SMILES string of the molecule is c1ccc(-c2cccc(-c3nc(-c4cc5c(cc4-n4c6ccccc6c6cc7ccccc7cc64)sc4ccccc45)nc(-c4cccc5c4oc4ccccc45)n3)c2)cc1. The predicted octanol–water partition coefficient (Wildman–Crippen LogP) is 15.1. The Morgan fingerprint density at radius 2 is 1.03 bits per heavy atom. The van der Waals surface area contributed by atoms with Crippen LogP contribution in [-0.2, 0) is 0 Å². The second kappa shape index (κ2) is 13.3. The van der Waals surface area contributed by atoms with E-state index < -0.39 is 0 Å². The maximum Gasteiger partial charge on any atom is 0.167 e. The molecule has 0 aliphatic heterocycles. The van der Waals surface area contributed by atoms with Crippen molar-refractivity contribution in [2.75, 3.05) is 0 Å². The third kappa shape index (κ3) is 5.36. The molecule has 0 spiro atoms. The van der Waals surface area contributed by atoms with Gasteiger partial charge in [0.1, 0.15) is 11.2 Å². The summed E-state index contributed by atoms with van der Waals surface area (Å²) in [7, 11) is 0. The van der Waals surface area contributed by atoms with Crippen molar-refractivity contribution >= 4 is 86.0 Å². The number of thiophene rings is 1. The average molecular weight is 797 g/mol. The normalized spacial score (nSPS) is 11.9. The smallest absolute Gasteiger partial charge is 0.167 e. The monoisotopic (exact) mass is 796 g/mol. The molecule has 9 aromatic carbocycles. The summed E-state index contributed by atoms with van der Waals surface area (Å²) < 4.78 is 11.5. The van der Waals surface area contributed by atoms with Crippen LogP contribution in [-0.4, -0.2) is 19.5 Å². The highest BCUT2D eigenvalue weighted by molar-refractivity contribution is 7.25. The van der Waals surface area contributed by atoms with Gasteiger partial charge in [0, 0.05) is 52.8 Å². The Morgan fingerprint density at radius 1 is 0.377 bits per heavy atom. The zero-order chi connectivity index (χ0) is 40.0. The van der Waals surface area contributed by atoms with E-state index in [4.69, 9.17) is 19.4 Å². The molecule has 6 heteroatoms. The molecule has 13 aromatic rings. The number of hydrogen-bond donors (Lipinski definition) is 0. The van der Waals surface area contributed by atoms with Crippen LogP contribution in [0.25, 0.3) is 126 Å². The van der Waals surface area contributed by atoms with Gasteiger partial charge in [0.15, 0.2) is 17.5 Å². The molecule has 13 rings (SSSR count). The Morgan fingerprint density at radius 3 is 1.92 bits per heavy atom.